The summed E-state index contributed by atoms with van der Waals surface area (Å²) < 4.78 is 77.4. The van der Waals surface area contributed by atoms with Crippen molar-refractivity contribution in [2.75, 3.05) is 13.1 Å². The van der Waals surface area contributed by atoms with E-state index in [4.69, 9.17) is 0 Å². The second-order valence-corrected chi connectivity index (χ2v) is 5.97. The van der Waals surface area contributed by atoms with Crippen molar-refractivity contribution in [1.29, 1.82) is 0 Å². The maximum Gasteiger partial charge on any atom is 0.416 e. The molecule has 24 heavy (non-hydrogen) atoms. The first-order chi connectivity index (χ1) is 11.1. The number of hydrogen-bond donors (Lipinski definition) is 0. The molecule has 2 rings (SSSR count). The van der Waals surface area contributed by atoms with Gasteiger partial charge in [-0.05, 0) is 50.0 Å². The third-order valence-corrected chi connectivity index (χ3v) is 4.19. The Bertz CT molecular complexity index is 581. The van der Waals surface area contributed by atoms with Crippen LogP contribution in [0.1, 0.15) is 36.0 Å². The first-order valence-electron chi connectivity index (χ1n) is 7.56. The minimum absolute atomic E-state index is 0.0848. The SMILES string of the molecule is O=CC1CCCN(Cc2ccc(C(F)(F)F)cc2C(F)(F)F)CC1. The van der Waals surface area contributed by atoms with E-state index in [0.717, 1.165) is 12.4 Å². The van der Waals surface area contributed by atoms with E-state index in [1.54, 1.807) is 4.90 Å². The van der Waals surface area contributed by atoms with Crippen molar-refractivity contribution in [3.63, 3.8) is 0 Å². The minimum atomic E-state index is -4.85. The Hall–Kier alpha value is -1.57. The lowest BCUT2D eigenvalue weighted by Crippen LogP contribution is -2.26. The molecule has 134 valence electrons. The van der Waals surface area contributed by atoms with Gasteiger partial charge in [0, 0.05) is 12.5 Å². The molecule has 1 aromatic rings. The number of aldehydes is 1. The zero-order valence-corrected chi connectivity index (χ0v) is 12.8. The Morgan fingerprint density at radius 2 is 1.75 bits per heavy atom. The van der Waals surface area contributed by atoms with Crippen LogP contribution in [0.3, 0.4) is 0 Å². The monoisotopic (exact) mass is 353 g/mol. The van der Waals surface area contributed by atoms with Crippen LogP contribution in [0, 0.1) is 5.92 Å². The normalized spacial score (nSPS) is 20.7. The van der Waals surface area contributed by atoms with E-state index in [-0.39, 0.29) is 24.1 Å². The molecule has 1 aliphatic heterocycles. The van der Waals surface area contributed by atoms with Crippen LogP contribution in [0.5, 0.6) is 0 Å². The molecule has 0 spiro atoms. The van der Waals surface area contributed by atoms with Gasteiger partial charge in [-0.15, -0.1) is 0 Å². The lowest BCUT2D eigenvalue weighted by molar-refractivity contribution is -0.143. The lowest BCUT2D eigenvalue weighted by atomic mass is 10.0. The minimum Gasteiger partial charge on any atom is -0.303 e. The number of carbonyl (C=O) groups is 1. The van der Waals surface area contributed by atoms with Crippen LogP contribution >= 0.6 is 0 Å². The summed E-state index contributed by atoms with van der Waals surface area (Å²) in [6.45, 7) is 0.878. The number of alkyl halides is 6. The van der Waals surface area contributed by atoms with Crippen molar-refractivity contribution >= 4 is 6.29 Å². The molecule has 0 radical (unpaired) electrons. The van der Waals surface area contributed by atoms with Crippen LogP contribution in [0.4, 0.5) is 26.3 Å². The zero-order chi connectivity index (χ0) is 18.0. The summed E-state index contributed by atoms with van der Waals surface area (Å²) in [6.07, 6.45) is -6.93. The Morgan fingerprint density at radius 1 is 1.04 bits per heavy atom. The topological polar surface area (TPSA) is 20.3 Å². The van der Waals surface area contributed by atoms with Gasteiger partial charge in [0.25, 0.3) is 0 Å². The summed E-state index contributed by atoms with van der Waals surface area (Å²) in [5, 5.41) is 0. The molecule has 2 nitrogen and oxygen atoms in total. The fourth-order valence-corrected chi connectivity index (χ4v) is 2.87. The van der Waals surface area contributed by atoms with E-state index in [1.165, 1.54) is 0 Å². The van der Waals surface area contributed by atoms with Gasteiger partial charge in [-0.2, -0.15) is 26.3 Å². The number of nitrogens with zero attached hydrogens (tertiary/aromatic N) is 1. The molecule has 0 amide bonds. The van der Waals surface area contributed by atoms with Crippen molar-refractivity contribution in [2.24, 2.45) is 5.92 Å². The van der Waals surface area contributed by atoms with Gasteiger partial charge in [0.15, 0.2) is 0 Å². The number of halogens is 6. The van der Waals surface area contributed by atoms with E-state index < -0.39 is 23.5 Å². The molecule has 0 bridgehead atoms. The van der Waals surface area contributed by atoms with Gasteiger partial charge in [-0.1, -0.05) is 6.07 Å². The highest BCUT2D eigenvalue weighted by atomic mass is 19.4. The van der Waals surface area contributed by atoms with Gasteiger partial charge in [0.2, 0.25) is 0 Å². The highest BCUT2D eigenvalue weighted by Crippen LogP contribution is 2.37. The number of benzene rings is 1. The second kappa shape index (κ2) is 7.13. The Balaban J connectivity index is 2.24. The number of hydrogen-bond acceptors (Lipinski definition) is 2. The van der Waals surface area contributed by atoms with Gasteiger partial charge in [0.05, 0.1) is 11.1 Å². The molecule has 1 atom stereocenters. The van der Waals surface area contributed by atoms with Gasteiger partial charge in [0.1, 0.15) is 6.29 Å². The van der Waals surface area contributed by atoms with Gasteiger partial charge >= 0.3 is 12.4 Å². The zero-order valence-electron chi connectivity index (χ0n) is 12.8. The lowest BCUT2D eigenvalue weighted by Gasteiger charge is -2.23. The maximum atomic E-state index is 13.1. The standard InChI is InChI=1S/C16H17F6NO/c17-15(18,19)13-4-3-12(14(8-13)16(20,21)22)9-23-6-1-2-11(10-24)5-7-23/h3-4,8,10-11H,1-2,5-7,9H2. The second-order valence-electron chi connectivity index (χ2n) is 5.97. The molecule has 0 aromatic heterocycles. The fraction of sp³-hybridized carbons (Fsp3) is 0.562. The summed E-state index contributed by atoms with van der Waals surface area (Å²) in [5.41, 5.74) is -2.75. The van der Waals surface area contributed by atoms with Crippen LogP contribution in [-0.2, 0) is 23.7 Å². The molecule has 1 heterocycles. The van der Waals surface area contributed by atoms with E-state index in [0.29, 0.717) is 38.4 Å². The first-order valence-corrected chi connectivity index (χ1v) is 7.56. The van der Waals surface area contributed by atoms with Crippen molar-refractivity contribution < 1.29 is 31.1 Å². The smallest absolute Gasteiger partial charge is 0.303 e. The Kier molecular flexibility index (Phi) is 5.57. The Morgan fingerprint density at radius 3 is 2.33 bits per heavy atom. The average molecular weight is 353 g/mol. The average Bonchev–Trinajstić information content (AvgIpc) is 2.70. The van der Waals surface area contributed by atoms with E-state index in [9.17, 15) is 31.1 Å². The molecule has 0 aliphatic carbocycles. The summed E-state index contributed by atoms with van der Waals surface area (Å²) in [6, 6.07) is 1.74. The van der Waals surface area contributed by atoms with Crippen molar-refractivity contribution in [1.82, 2.24) is 4.90 Å². The summed E-state index contributed by atoms with van der Waals surface area (Å²) in [7, 11) is 0. The molecule has 1 saturated heterocycles. The van der Waals surface area contributed by atoms with Crippen LogP contribution in [0.25, 0.3) is 0 Å². The van der Waals surface area contributed by atoms with Crippen molar-refractivity contribution in [3.8, 4) is 0 Å². The third kappa shape index (κ3) is 4.72. The fourth-order valence-electron chi connectivity index (χ4n) is 2.87. The largest absolute Gasteiger partial charge is 0.416 e. The van der Waals surface area contributed by atoms with Crippen LogP contribution in [0.2, 0.25) is 0 Å². The molecular formula is C16H17F6NO. The summed E-state index contributed by atoms with van der Waals surface area (Å²) in [5.74, 6) is -0.107. The van der Waals surface area contributed by atoms with E-state index in [2.05, 4.69) is 0 Å². The molecule has 1 aliphatic rings. The number of rotatable bonds is 3. The van der Waals surface area contributed by atoms with Gasteiger partial charge < -0.3 is 4.79 Å². The third-order valence-electron chi connectivity index (χ3n) is 4.19. The first kappa shape index (κ1) is 18.8. The highest BCUT2D eigenvalue weighted by molar-refractivity contribution is 5.53. The van der Waals surface area contributed by atoms with Gasteiger partial charge in [-0.3, -0.25) is 4.90 Å². The van der Waals surface area contributed by atoms with Crippen molar-refractivity contribution in [3.05, 3.63) is 34.9 Å². The van der Waals surface area contributed by atoms with Crippen LogP contribution in [0.15, 0.2) is 18.2 Å². The van der Waals surface area contributed by atoms with Crippen LogP contribution < -0.4 is 0 Å². The molecule has 1 aromatic carbocycles. The molecule has 0 N–H and O–H groups in total. The maximum absolute atomic E-state index is 13.1. The number of likely N-dealkylation sites (tertiary alicyclic amines) is 1. The van der Waals surface area contributed by atoms with E-state index in [1.807, 2.05) is 0 Å². The number of carbonyl (C=O) groups excluding carboxylic acids is 1. The molecular weight excluding hydrogens is 336 g/mol. The summed E-state index contributed by atoms with van der Waals surface area (Å²) >= 11 is 0. The van der Waals surface area contributed by atoms with Crippen molar-refractivity contribution in [2.45, 2.75) is 38.2 Å². The van der Waals surface area contributed by atoms with Crippen LogP contribution in [-0.4, -0.2) is 24.3 Å². The molecule has 1 unspecified atom stereocenters. The quantitative estimate of drug-likeness (QED) is 0.588. The molecule has 8 heteroatoms. The highest BCUT2D eigenvalue weighted by Gasteiger charge is 2.38. The van der Waals surface area contributed by atoms with Gasteiger partial charge in [-0.25, -0.2) is 0 Å². The predicted molar refractivity (Wildman–Crippen MR) is 75.1 cm³/mol. The predicted octanol–water partition coefficient (Wildman–Crippen LogP) is 4.53. The molecule has 0 saturated carbocycles. The summed E-state index contributed by atoms with van der Waals surface area (Å²) in [4.78, 5) is 12.6. The molecule has 1 fully saturated rings. The Labute approximate surface area is 135 Å². The van der Waals surface area contributed by atoms with E-state index >= 15 is 0 Å².